The summed E-state index contributed by atoms with van der Waals surface area (Å²) in [5.74, 6) is -4.79. The van der Waals surface area contributed by atoms with Crippen LogP contribution in [0.2, 0.25) is 0 Å². The van der Waals surface area contributed by atoms with Gasteiger partial charge in [0.25, 0.3) is 47.3 Å². The summed E-state index contributed by atoms with van der Waals surface area (Å²) in [5.41, 5.74) is 8.34. The predicted octanol–water partition coefficient (Wildman–Crippen LogP) is 1.26. The first-order chi connectivity index (χ1) is 40.3. The topological polar surface area (TPSA) is 382 Å². The van der Waals surface area contributed by atoms with Gasteiger partial charge in [0.05, 0.1) is 28.8 Å². The number of hydrogen-bond donors (Lipinski definition) is 10. The maximum absolute atomic E-state index is 13.4. The van der Waals surface area contributed by atoms with Crippen LogP contribution in [-0.4, -0.2) is 154 Å². The zero-order chi connectivity index (χ0) is 61.6. The zero-order valence-corrected chi connectivity index (χ0v) is 48.2. The van der Waals surface area contributed by atoms with E-state index in [0.29, 0.717) is 29.3 Å². The molecule has 11 N–H and O–H groups in total. The highest BCUT2D eigenvalue weighted by atomic mass is 16.2. The van der Waals surface area contributed by atoms with E-state index in [9.17, 15) is 43.2 Å². The molecule has 0 bridgehead atoms. The van der Waals surface area contributed by atoms with Gasteiger partial charge in [-0.1, -0.05) is 0 Å². The maximum atomic E-state index is 13.4. The van der Waals surface area contributed by atoms with Crippen molar-refractivity contribution in [3.8, 4) is 0 Å². The molecule has 446 valence electrons. The van der Waals surface area contributed by atoms with Crippen LogP contribution in [0.4, 0.5) is 40.2 Å². The molecule has 0 fully saturated rings. The maximum Gasteiger partial charge on any atom is 0.292 e. The second-order valence-corrected chi connectivity index (χ2v) is 20.2. The molecule has 0 saturated heterocycles. The minimum atomic E-state index is -1.09. The van der Waals surface area contributed by atoms with E-state index in [0.717, 1.165) is 13.0 Å². The first-order valence-corrected chi connectivity index (χ1v) is 26.2. The van der Waals surface area contributed by atoms with Crippen molar-refractivity contribution >= 4 is 93.4 Å². The van der Waals surface area contributed by atoms with Crippen LogP contribution in [0.25, 0.3) is 0 Å². The van der Waals surface area contributed by atoms with E-state index in [1.165, 1.54) is 76.6 Å². The molecular weight excluding hydrogens is 1100 g/mol. The van der Waals surface area contributed by atoms with Crippen LogP contribution in [0.3, 0.4) is 0 Å². The molecule has 0 aliphatic rings. The zero-order valence-electron chi connectivity index (χ0n) is 48.2. The Morgan fingerprint density at radius 3 is 1.24 bits per heavy atom. The van der Waals surface area contributed by atoms with Crippen molar-refractivity contribution in [2.45, 2.75) is 18.9 Å². The van der Waals surface area contributed by atoms with Crippen LogP contribution in [0.1, 0.15) is 97.3 Å². The van der Waals surface area contributed by atoms with Gasteiger partial charge in [-0.3, -0.25) is 43.2 Å². The molecule has 0 aromatic carbocycles. The van der Waals surface area contributed by atoms with Crippen LogP contribution in [0, 0.1) is 0 Å². The fourth-order valence-corrected chi connectivity index (χ4v) is 8.81. The summed E-state index contributed by atoms with van der Waals surface area (Å²) in [7, 11) is 16.8. The molecule has 32 heteroatoms. The Morgan fingerprint density at radius 1 is 0.435 bits per heavy atom. The summed E-state index contributed by atoms with van der Waals surface area (Å²) >= 11 is 0. The SMILES string of the molecule is CN(C)CCCNC(=O)c1cc(NC(=O)c2nc(NC(=O)c3nc(NC(=O)c4cc(NC(=O)[C@H](N)CCNC(=O)c5nc(NC(=O)c6cc(NC(=O)c7cc(NC(=O)c8nccn8C)cn7C)cn6C)cn5C)cn4C)cn3C)cn2C)cn1C. The van der Waals surface area contributed by atoms with Crippen LogP contribution >= 0.6 is 0 Å². The van der Waals surface area contributed by atoms with Crippen molar-refractivity contribution in [3.05, 3.63) is 126 Å². The molecule has 0 unspecified atom stereocenters. The number of anilines is 7. The van der Waals surface area contributed by atoms with Crippen LogP contribution in [0.15, 0.2) is 80.0 Å². The summed E-state index contributed by atoms with van der Waals surface area (Å²) in [4.78, 5) is 137. The van der Waals surface area contributed by atoms with Crippen molar-refractivity contribution in [3.63, 3.8) is 0 Å². The van der Waals surface area contributed by atoms with E-state index in [4.69, 9.17) is 5.73 Å². The Morgan fingerprint density at radius 2 is 0.800 bits per heavy atom. The number of nitrogens with one attached hydrogen (secondary N) is 9. The molecular formula is C53H65N23O9. The van der Waals surface area contributed by atoms with Gasteiger partial charge in [0.1, 0.15) is 22.8 Å². The number of aryl methyl sites for hydroxylation is 8. The molecule has 0 saturated carbocycles. The average Bonchev–Trinajstić information content (AvgIpc) is 4.41. The highest BCUT2D eigenvalue weighted by Gasteiger charge is 2.25. The number of rotatable bonds is 23. The third kappa shape index (κ3) is 14.4. The Labute approximate surface area is 485 Å². The van der Waals surface area contributed by atoms with Gasteiger partial charge in [0.2, 0.25) is 23.4 Å². The number of carbonyl (C=O) groups excluding carboxylic acids is 9. The van der Waals surface area contributed by atoms with Crippen molar-refractivity contribution in [2.75, 3.05) is 70.9 Å². The van der Waals surface area contributed by atoms with Crippen LogP contribution in [0.5, 0.6) is 0 Å². The molecule has 0 aliphatic heterocycles. The number of nitrogens with two attached hydrogens (primary N) is 1. The van der Waals surface area contributed by atoms with Gasteiger partial charge in [-0.15, -0.1) is 0 Å². The molecule has 0 aliphatic carbocycles. The summed E-state index contributed by atoms with van der Waals surface area (Å²) in [5, 5.41) is 24.3. The number of aromatic nitrogens is 12. The summed E-state index contributed by atoms with van der Waals surface area (Å²) < 4.78 is 11.9. The van der Waals surface area contributed by atoms with E-state index in [1.807, 2.05) is 19.0 Å². The summed E-state index contributed by atoms with van der Waals surface area (Å²) in [6.45, 7) is 1.27. The normalized spacial score (nSPS) is 11.5. The number of carbonyl (C=O) groups is 9. The van der Waals surface area contributed by atoms with Crippen LogP contribution < -0.4 is 53.6 Å². The van der Waals surface area contributed by atoms with Crippen LogP contribution in [-0.2, 0) is 61.2 Å². The van der Waals surface area contributed by atoms with E-state index < -0.39 is 53.3 Å². The first-order valence-electron chi connectivity index (χ1n) is 26.2. The Hall–Kier alpha value is -10.9. The highest BCUT2D eigenvalue weighted by molar-refractivity contribution is 6.09. The van der Waals surface area contributed by atoms with Gasteiger partial charge in [-0.25, -0.2) is 19.9 Å². The monoisotopic (exact) mass is 1170 g/mol. The van der Waals surface area contributed by atoms with Crippen molar-refractivity contribution in [1.82, 2.24) is 72.0 Å². The molecule has 8 heterocycles. The Balaban J connectivity index is 0.770. The lowest BCUT2D eigenvalue weighted by atomic mass is 10.2. The third-order valence-corrected chi connectivity index (χ3v) is 13.1. The lowest BCUT2D eigenvalue weighted by Crippen LogP contribution is -2.39. The summed E-state index contributed by atoms with van der Waals surface area (Å²) in [6.07, 6.45) is 14.4. The third-order valence-electron chi connectivity index (χ3n) is 13.1. The largest absolute Gasteiger partial charge is 0.351 e. The summed E-state index contributed by atoms with van der Waals surface area (Å²) in [6, 6.07) is 4.84. The van der Waals surface area contributed by atoms with Crippen molar-refractivity contribution < 1.29 is 43.2 Å². The Kier molecular flexibility index (Phi) is 18.1. The van der Waals surface area contributed by atoms with E-state index in [-0.39, 0.29) is 82.4 Å². The standard InChI is InChI=1S/C53H65N23O9/c1-68(2)16-11-13-56-46(78)34-18-31(24-70(34)4)61-52(84)43-64-40(28-75(43)9)67-53(85)44-63-39(27-76(44)10)66-48(80)36-19-29(22-72(36)6)58-45(77)33(54)12-14-57-50(82)42-62-38(26-74(42)8)65-49(81)37-20-30(23-73(37)7)59-47(79)35-21-32(25-71(35)5)60-51(83)41-55-15-17-69(41)3/h15,17-28,33H,11-14,16,54H2,1-10H3,(H,56,78)(H,57,82)(H,58,77)(H,59,79)(H,60,83)(H,61,84)(H,65,81)(H,66,80)(H,67,85)/t33-/m1/s1. The second kappa shape index (κ2) is 25.5. The number of nitrogens with zero attached hydrogens (tertiary/aromatic N) is 13. The van der Waals surface area contributed by atoms with Crippen molar-refractivity contribution in [2.24, 2.45) is 62.1 Å². The fraction of sp³-hybridized carbons (Fsp3) is 0.302. The number of amides is 9. The van der Waals surface area contributed by atoms with E-state index >= 15 is 0 Å². The van der Waals surface area contributed by atoms with Crippen molar-refractivity contribution in [1.29, 1.82) is 0 Å². The van der Waals surface area contributed by atoms with Gasteiger partial charge in [-0.05, 0) is 57.7 Å². The van der Waals surface area contributed by atoms with E-state index in [1.54, 1.807) is 96.4 Å². The number of imidazole rings is 4. The molecule has 32 nitrogen and oxygen atoms in total. The fourth-order valence-electron chi connectivity index (χ4n) is 8.81. The molecule has 1 atom stereocenters. The minimum Gasteiger partial charge on any atom is -0.351 e. The molecule has 8 aromatic rings. The Bertz CT molecular complexity index is 3890. The lowest BCUT2D eigenvalue weighted by Gasteiger charge is -2.12. The average molecular weight is 1170 g/mol. The number of hydrogen-bond acceptors (Lipinski definition) is 15. The van der Waals surface area contributed by atoms with Gasteiger partial charge in [0.15, 0.2) is 23.3 Å². The van der Waals surface area contributed by atoms with Gasteiger partial charge in [0, 0.05) is 125 Å². The quantitative estimate of drug-likeness (QED) is 0.0403. The molecule has 9 amide bonds. The highest BCUT2D eigenvalue weighted by Crippen LogP contribution is 2.22. The second-order valence-electron chi connectivity index (χ2n) is 20.2. The van der Waals surface area contributed by atoms with Gasteiger partial charge < -0.3 is 95.0 Å². The van der Waals surface area contributed by atoms with E-state index in [2.05, 4.69) is 67.8 Å². The smallest absolute Gasteiger partial charge is 0.292 e. The molecule has 8 rings (SSSR count). The minimum absolute atomic E-state index is 0.00760. The first kappa shape index (κ1) is 60.2. The van der Waals surface area contributed by atoms with Gasteiger partial charge in [-0.2, -0.15) is 0 Å². The molecule has 8 aromatic heterocycles. The van der Waals surface area contributed by atoms with Gasteiger partial charge >= 0.3 is 0 Å². The molecule has 0 radical (unpaired) electrons. The molecule has 85 heavy (non-hydrogen) atoms. The molecule has 0 spiro atoms. The lowest BCUT2D eigenvalue weighted by molar-refractivity contribution is -0.117. The predicted molar refractivity (Wildman–Crippen MR) is 311 cm³/mol.